The van der Waals surface area contributed by atoms with Crippen molar-refractivity contribution in [3.63, 3.8) is 0 Å². The molecule has 0 heterocycles. The first-order chi connectivity index (χ1) is 7.15. The summed E-state index contributed by atoms with van der Waals surface area (Å²) in [5.41, 5.74) is 3.55. The van der Waals surface area contributed by atoms with Gasteiger partial charge in [0.25, 0.3) is 0 Å². The largest absolute Gasteiger partial charge is 0.507 e. The minimum atomic E-state index is -0.459. The number of fused-ring (bicyclic) bond motifs is 1. The number of ether oxygens (including phenoxy) is 1. The van der Waals surface area contributed by atoms with Crippen LogP contribution in [0.5, 0.6) is 5.75 Å². The predicted octanol–water partition coefficient (Wildman–Crippen LogP) is 1.98. The Labute approximate surface area is 88.7 Å². The lowest BCUT2D eigenvalue weighted by molar-refractivity contribution is 0.0596. The van der Waals surface area contributed by atoms with Crippen LogP contribution in [0.1, 0.15) is 33.5 Å². The van der Waals surface area contributed by atoms with Crippen molar-refractivity contribution >= 4 is 5.97 Å². The number of methoxy groups -OCH3 is 1. The van der Waals surface area contributed by atoms with Gasteiger partial charge in [0.1, 0.15) is 11.3 Å². The second-order valence-electron chi connectivity index (χ2n) is 3.88. The smallest absolute Gasteiger partial charge is 0.341 e. The minimum Gasteiger partial charge on any atom is -0.507 e. The van der Waals surface area contributed by atoms with Crippen LogP contribution in [-0.2, 0) is 17.6 Å². The molecule has 0 fully saturated rings. The molecule has 0 aromatic heterocycles. The van der Waals surface area contributed by atoms with E-state index in [-0.39, 0.29) is 5.75 Å². The first-order valence-electron chi connectivity index (χ1n) is 5.07. The van der Waals surface area contributed by atoms with Crippen LogP contribution in [0.2, 0.25) is 0 Å². The van der Waals surface area contributed by atoms with Crippen molar-refractivity contribution in [3.05, 3.63) is 28.3 Å². The quantitative estimate of drug-likeness (QED) is 0.714. The highest BCUT2D eigenvalue weighted by atomic mass is 16.5. The first kappa shape index (κ1) is 10.0. The molecule has 0 spiro atoms. The fourth-order valence-corrected chi connectivity index (χ4v) is 2.29. The molecule has 0 aliphatic heterocycles. The monoisotopic (exact) mass is 206 g/mol. The Hall–Kier alpha value is -1.51. The highest BCUT2D eigenvalue weighted by Crippen LogP contribution is 2.33. The molecule has 2 rings (SSSR count). The second-order valence-corrected chi connectivity index (χ2v) is 3.88. The lowest BCUT2D eigenvalue weighted by atomic mass is 9.98. The summed E-state index contributed by atoms with van der Waals surface area (Å²) >= 11 is 0. The molecule has 0 bridgehead atoms. The maximum Gasteiger partial charge on any atom is 0.341 e. The van der Waals surface area contributed by atoms with E-state index < -0.39 is 5.97 Å². The molecular weight excluding hydrogens is 192 g/mol. The van der Waals surface area contributed by atoms with E-state index in [1.807, 2.05) is 6.92 Å². The molecule has 0 amide bonds. The number of esters is 1. The van der Waals surface area contributed by atoms with E-state index in [0.717, 1.165) is 30.4 Å². The molecule has 80 valence electrons. The van der Waals surface area contributed by atoms with E-state index in [4.69, 9.17) is 0 Å². The van der Waals surface area contributed by atoms with Crippen molar-refractivity contribution in [2.45, 2.75) is 26.2 Å². The average Bonchev–Trinajstić information content (AvgIpc) is 2.65. The van der Waals surface area contributed by atoms with Crippen molar-refractivity contribution in [1.29, 1.82) is 0 Å². The zero-order valence-corrected chi connectivity index (χ0v) is 8.96. The second kappa shape index (κ2) is 3.57. The van der Waals surface area contributed by atoms with Crippen LogP contribution in [0.4, 0.5) is 0 Å². The molecule has 0 atom stereocenters. The van der Waals surface area contributed by atoms with Gasteiger partial charge in [-0.2, -0.15) is 0 Å². The summed E-state index contributed by atoms with van der Waals surface area (Å²) < 4.78 is 4.66. The lowest BCUT2D eigenvalue weighted by Crippen LogP contribution is -2.06. The fraction of sp³-hybridized carbons (Fsp3) is 0.417. The van der Waals surface area contributed by atoms with Crippen LogP contribution >= 0.6 is 0 Å². The van der Waals surface area contributed by atoms with Gasteiger partial charge in [-0.25, -0.2) is 4.79 Å². The molecule has 3 heteroatoms. The van der Waals surface area contributed by atoms with E-state index in [0.29, 0.717) is 5.56 Å². The Balaban J connectivity index is 2.61. The summed E-state index contributed by atoms with van der Waals surface area (Å²) in [6.07, 6.45) is 3.08. The molecule has 1 aromatic rings. The third-order valence-electron chi connectivity index (χ3n) is 3.04. The van der Waals surface area contributed by atoms with Gasteiger partial charge in [-0.05, 0) is 48.9 Å². The number of hydrogen-bond donors (Lipinski definition) is 1. The maximum absolute atomic E-state index is 11.5. The zero-order chi connectivity index (χ0) is 11.0. The van der Waals surface area contributed by atoms with Gasteiger partial charge in [0.05, 0.1) is 7.11 Å². The Morgan fingerprint density at radius 1 is 1.47 bits per heavy atom. The molecule has 1 N–H and O–H groups in total. The van der Waals surface area contributed by atoms with E-state index in [1.54, 1.807) is 6.07 Å². The number of phenols is 1. The van der Waals surface area contributed by atoms with E-state index in [2.05, 4.69) is 4.74 Å². The predicted molar refractivity (Wildman–Crippen MR) is 56.2 cm³/mol. The number of phenolic OH excluding ortho intramolecular Hbond substituents is 1. The van der Waals surface area contributed by atoms with Gasteiger partial charge in [0, 0.05) is 0 Å². The molecule has 1 aliphatic rings. The molecular formula is C12H14O3. The van der Waals surface area contributed by atoms with Crippen molar-refractivity contribution in [2.24, 2.45) is 0 Å². The topological polar surface area (TPSA) is 46.5 Å². The van der Waals surface area contributed by atoms with Crippen molar-refractivity contribution in [3.8, 4) is 5.75 Å². The summed E-state index contributed by atoms with van der Waals surface area (Å²) in [4.78, 5) is 11.5. The van der Waals surface area contributed by atoms with Crippen LogP contribution in [0, 0.1) is 6.92 Å². The molecule has 0 saturated carbocycles. The highest BCUT2D eigenvalue weighted by Gasteiger charge is 2.22. The number of rotatable bonds is 1. The standard InChI is InChI=1S/C12H14O3/c1-7-9-5-3-4-8(9)6-10(13)11(7)12(14)15-2/h6,13H,3-5H2,1-2H3. The van der Waals surface area contributed by atoms with Gasteiger partial charge in [0.2, 0.25) is 0 Å². The Bertz CT molecular complexity index is 421. The van der Waals surface area contributed by atoms with Crippen LogP contribution in [0.3, 0.4) is 0 Å². The summed E-state index contributed by atoms with van der Waals surface area (Å²) in [6.45, 7) is 1.87. The van der Waals surface area contributed by atoms with Gasteiger partial charge < -0.3 is 9.84 Å². The van der Waals surface area contributed by atoms with Crippen molar-refractivity contribution < 1.29 is 14.6 Å². The number of carbonyl (C=O) groups is 1. The first-order valence-corrected chi connectivity index (χ1v) is 5.07. The minimum absolute atomic E-state index is 0.0417. The molecule has 15 heavy (non-hydrogen) atoms. The van der Waals surface area contributed by atoms with Crippen molar-refractivity contribution in [2.75, 3.05) is 7.11 Å². The van der Waals surface area contributed by atoms with Gasteiger partial charge in [-0.1, -0.05) is 0 Å². The van der Waals surface area contributed by atoms with E-state index in [1.165, 1.54) is 12.7 Å². The van der Waals surface area contributed by atoms with Crippen LogP contribution < -0.4 is 0 Å². The summed E-state index contributed by atoms with van der Waals surface area (Å²) in [5, 5.41) is 9.76. The van der Waals surface area contributed by atoms with Crippen LogP contribution in [0.15, 0.2) is 6.07 Å². The van der Waals surface area contributed by atoms with E-state index >= 15 is 0 Å². The number of hydrogen-bond acceptors (Lipinski definition) is 3. The number of carbonyl (C=O) groups excluding carboxylic acids is 1. The SMILES string of the molecule is COC(=O)c1c(O)cc2c(c1C)CCC2. The summed E-state index contributed by atoms with van der Waals surface area (Å²) in [5.74, 6) is -0.417. The molecule has 0 radical (unpaired) electrons. The van der Waals surface area contributed by atoms with Gasteiger partial charge >= 0.3 is 5.97 Å². The molecule has 0 unspecified atom stereocenters. The van der Waals surface area contributed by atoms with Crippen LogP contribution in [-0.4, -0.2) is 18.2 Å². The number of aryl methyl sites for hydroxylation is 1. The lowest BCUT2D eigenvalue weighted by Gasteiger charge is -2.11. The molecule has 0 saturated heterocycles. The third-order valence-corrected chi connectivity index (χ3v) is 3.04. The molecule has 3 nitrogen and oxygen atoms in total. The molecule has 1 aliphatic carbocycles. The fourth-order valence-electron chi connectivity index (χ4n) is 2.29. The Morgan fingerprint density at radius 3 is 2.87 bits per heavy atom. The highest BCUT2D eigenvalue weighted by molar-refractivity contribution is 5.94. The van der Waals surface area contributed by atoms with Crippen LogP contribution in [0.25, 0.3) is 0 Å². The van der Waals surface area contributed by atoms with Crippen molar-refractivity contribution in [1.82, 2.24) is 0 Å². The Morgan fingerprint density at radius 2 is 2.20 bits per heavy atom. The van der Waals surface area contributed by atoms with Gasteiger partial charge in [0.15, 0.2) is 0 Å². The van der Waals surface area contributed by atoms with E-state index in [9.17, 15) is 9.90 Å². The number of benzene rings is 1. The number of aromatic hydroxyl groups is 1. The molecule has 1 aromatic carbocycles. The normalized spacial score (nSPS) is 13.7. The summed E-state index contributed by atoms with van der Waals surface area (Å²) in [6, 6.07) is 1.70. The van der Waals surface area contributed by atoms with Gasteiger partial charge in [-0.15, -0.1) is 0 Å². The maximum atomic E-state index is 11.5. The third kappa shape index (κ3) is 1.48. The summed E-state index contributed by atoms with van der Waals surface area (Å²) in [7, 11) is 1.33. The average molecular weight is 206 g/mol. The zero-order valence-electron chi connectivity index (χ0n) is 8.96. The Kier molecular flexibility index (Phi) is 2.39. The van der Waals surface area contributed by atoms with Gasteiger partial charge in [-0.3, -0.25) is 0 Å².